The Labute approximate surface area is 281 Å². The van der Waals surface area contributed by atoms with Crippen molar-refractivity contribution >= 4 is 33.6 Å². The van der Waals surface area contributed by atoms with E-state index in [0.717, 1.165) is 93.0 Å². The van der Waals surface area contributed by atoms with Crippen LogP contribution >= 0.6 is 0 Å². The topological polar surface area (TPSA) is 116 Å². The third-order valence-electron chi connectivity index (χ3n) is 9.04. The van der Waals surface area contributed by atoms with E-state index in [0.29, 0.717) is 39.1 Å². The number of ether oxygens (including phenoxy) is 2. The molecule has 2 N–H and O–H groups in total. The third-order valence-corrected chi connectivity index (χ3v) is 9.04. The summed E-state index contributed by atoms with van der Waals surface area (Å²) in [5, 5.41) is 2.08. The van der Waals surface area contributed by atoms with Crippen LogP contribution in [0.3, 0.4) is 0 Å². The summed E-state index contributed by atoms with van der Waals surface area (Å²) in [5.41, 5.74) is 7.04. The van der Waals surface area contributed by atoms with Gasteiger partial charge in [-0.1, -0.05) is 39.0 Å². The first-order valence-corrected chi connectivity index (χ1v) is 17.2. The van der Waals surface area contributed by atoms with Crippen LogP contribution < -0.4 is 4.74 Å². The minimum atomic E-state index is -0.132. The third kappa shape index (κ3) is 6.94. The first kappa shape index (κ1) is 33.2. The highest BCUT2D eigenvalue weighted by molar-refractivity contribution is 6.07. The van der Waals surface area contributed by atoms with Crippen molar-refractivity contribution in [2.24, 2.45) is 0 Å². The number of hydrogen-bond acceptors (Lipinski definition) is 6. The normalized spacial score (nSPS) is 12.9. The van der Waals surface area contributed by atoms with Crippen molar-refractivity contribution in [1.29, 1.82) is 0 Å². The van der Waals surface area contributed by atoms with Crippen molar-refractivity contribution in [3.63, 3.8) is 0 Å². The van der Waals surface area contributed by atoms with Gasteiger partial charge in [-0.05, 0) is 72.5 Å². The van der Waals surface area contributed by atoms with Gasteiger partial charge < -0.3 is 29.2 Å². The monoisotopic (exact) mass is 650 g/mol. The number of nitrogens with zero attached hydrogens (tertiary/aromatic N) is 4. The molecule has 10 heteroatoms. The molecule has 1 aliphatic rings. The lowest BCUT2D eigenvalue weighted by Crippen LogP contribution is -2.33. The lowest BCUT2D eigenvalue weighted by molar-refractivity contribution is -0.134. The van der Waals surface area contributed by atoms with Crippen molar-refractivity contribution in [3.05, 3.63) is 65.9 Å². The SMILES string of the molecule is CCCC(=O)N(CCC)Cc1ncc(-c2ccc3c(c2)COc2cc4c(ccc5[nH]c(CN(CCC)C(=O)CC(C)OC)nc54)cc2-3)[nH]1. The Morgan fingerprint density at radius 3 is 2.44 bits per heavy atom. The van der Waals surface area contributed by atoms with E-state index in [-0.39, 0.29) is 17.9 Å². The van der Waals surface area contributed by atoms with Crippen LogP contribution in [-0.4, -0.2) is 67.9 Å². The van der Waals surface area contributed by atoms with Crippen LogP contribution in [-0.2, 0) is 34.0 Å². The predicted octanol–water partition coefficient (Wildman–Crippen LogP) is 7.37. The molecule has 1 atom stereocenters. The number of methoxy groups -OCH3 is 1. The first-order chi connectivity index (χ1) is 23.3. The Kier molecular flexibility index (Phi) is 10.1. The molecule has 252 valence electrons. The highest BCUT2D eigenvalue weighted by atomic mass is 16.5. The van der Waals surface area contributed by atoms with Gasteiger partial charge in [0.05, 0.1) is 48.5 Å². The van der Waals surface area contributed by atoms with E-state index in [1.807, 2.05) is 29.8 Å². The van der Waals surface area contributed by atoms with Gasteiger partial charge in [0.15, 0.2) is 0 Å². The van der Waals surface area contributed by atoms with Gasteiger partial charge >= 0.3 is 0 Å². The highest BCUT2D eigenvalue weighted by Crippen LogP contribution is 2.42. The number of aromatic nitrogens is 4. The van der Waals surface area contributed by atoms with Crippen molar-refractivity contribution < 1.29 is 19.1 Å². The Hall–Kier alpha value is -4.70. The van der Waals surface area contributed by atoms with Crippen LogP contribution in [0, 0.1) is 0 Å². The second kappa shape index (κ2) is 14.6. The molecule has 0 saturated heterocycles. The zero-order valence-electron chi connectivity index (χ0n) is 28.7. The molecule has 10 nitrogen and oxygen atoms in total. The minimum absolute atomic E-state index is 0.0614. The van der Waals surface area contributed by atoms with Crippen molar-refractivity contribution in [2.45, 2.75) is 85.6 Å². The van der Waals surface area contributed by atoms with Gasteiger partial charge in [0.25, 0.3) is 0 Å². The Morgan fingerprint density at radius 2 is 1.69 bits per heavy atom. The number of fused-ring (bicyclic) bond motifs is 6. The van der Waals surface area contributed by atoms with Crippen molar-refractivity contribution in [1.82, 2.24) is 29.7 Å². The molecule has 1 unspecified atom stereocenters. The van der Waals surface area contributed by atoms with E-state index in [4.69, 9.17) is 14.5 Å². The van der Waals surface area contributed by atoms with Crippen molar-refractivity contribution in [3.8, 4) is 28.1 Å². The molecule has 5 aromatic rings. The number of H-pyrrole nitrogens is 2. The van der Waals surface area contributed by atoms with E-state index < -0.39 is 0 Å². The zero-order chi connectivity index (χ0) is 33.8. The number of carbonyl (C=O) groups is 2. The lowest BCUT2D eigenvalue weighted by atomic mass is 9.92. The Morgan fingerprint density at radius 1 is 0.917 bits per heavy atom. The zero-order valence-corrected chi connectivity index (χ0v) is 28.7. The summed E-state index contributed by atoms with van der Waals surface area (Å²) in [5.74, 6) is 2.60. The summed E-state index contributed by atoms with van der Waals surface area (Å²) in [6.45, 7) is 10.8. The van der Waals surface area contributed by atoms with E-state index in [9.17, 15) is 9.59 Å². The van der Waals surface area contributed by atoms with Crippen molar-refractivity contribution in [2.75, 3.05) is 20.2 Å². The standard InChI is InChI=1S/C38H46N6O4/c1-6-9-36(45)43(14-7-2)21-34-39-20-32(41-34)26-10-12-28-27(17-26)23-48-33-19-29-25(18-30(28)33)11-13-31-38(29)42-35(40-31)22-44(15-8-3)37(46)16-24(4)47-5/h10-13,17-20,24H,6-9,14-16,21-23H2,1-5H3,(H,39,41)(H,40,42). The Balaban J connectivity index is 1.24. The molecule has 2 aromatic heterocycles. The molecule has 3 heterocycles. The summed E-state index contributed by atoms with van der Waals surface area (Å²) in [7, 11) is 1.63. The molecule has 3 aromatic carbocycles. The molecule has 6 rings (SSSR count). The largest absolute Gasteiger partial charge is 0.488 e. The van der Waals surface area contributed by atoms with Crippen LogP contribution in [0.1, 0.15) is 77.0 Å². The van der Waals surface area contributed by atoms with E-state index in [1.54, 1.807) is 7.11 Å². The second-order valence-corrected chi connectivity index (χ2v) is 12.7. The molecule has 0 spiro atoms. The molecular formula is C38H46N6O4. The average Bonchev–Trinajstić information content (AvgIpc) is 3.74. The summed E-state index contributed by atoms with van der Waals surface area (Å²) >= 11 is 0. The number of aromatic amines is 2. The number of imidazole rings is 2. The van der Waals surface area contributed by atoms with Crippen LogP contribution in [0.5, 0.6) is 5.75 Å². The van der Waals surface area contributed by atoms with Gasteiger partial charge in [-0.3, -0.25) is 9.59 Å². The van der Waals surface area contributed by atoms with E-state index in [2.05, 4.69) is 71.3 Å². The van der Waals surface area contributed by atoms with Crippen LogP contribution in [0.4, 0.5) is 0 Å². The van der Waals surface area contributed by atoms with Gasteiger partial charge in [0.1, 0.15) is 24.0 Å². The maximum Gasteiger partial charge on any atom is 0.225 e. The van der Waals surface area contributed by atoms with Crippen LogP contribution in [0.15, 0.2) is 48.7 Å². The van der Waals surface area contributed by atoms with E-state index in [1.165, 1.54) is 0 Å². The lowest BCUT2D eigenvalue weighted by Gasteiger charge is -2.22. The number of rotatable bonds is 14. The summed E-state index contributed by atoms with van der Waals surface area (Å²) < 4.78 is 11.7. The molecule has 2 amide bonds. The van der Waals surface area contributed by atoms with Gasteiger partial charge in [0, 0.05) is 37.6 Å². The van der Waals surface area contributed by atoms with Gasteiger partial charge in [0.2, 0.25) is 11.8 Å². The highest BCUT2D eigenvalue weighted by Gasteiger charge is 2.22. The molecular weight excluding hydrogens is 604 g/mol. The van der Waals surface area contributed by atoms with Gasteiger partial charge in [-0.15, -0.1) is 0 Å². The summed E-state index contributed by atoms with van der Waals surface area (Å²) in [6, 6.07) is 14.9. The fraction of sp³-hybridized carbons (Fsp3) is 0.421. The first-order valence-electron chi connectivity index (χ1n) is 17.2. The van der Waals surface area contributed by atoms with E-state index >= 15 is 0 Å². The molecule has 0 aliphatic carbocycles. The molecule has 0 saturated carbocycles. The number of benzene rings is 3. The molecule has 0 fully saturated rings. The fourth-order valence-electron chi connectivity index (χ4n) is 6.49. The molecule has 48 heavy (non-hydrogen) atoms. The predicted molar refractivity (Wildman–Crippen MR) is 188 cm³/mol. The number of amides is 2. The van der Waals surface area contributed by atoms with Crippen LogP contribution in [0.25, 0.3) is 44.2 Å². The minimum Gasteiger partial charge on any atom is -0.488 e. The molecule has 0 radical (unpaired) electrons. The maximum absolute atomic E-state index is 13.0. The second-order valence-electron chi connectivity index (χ2n) is 12.7. The van der Waals surface area contributed by atoms with Crippen LogP contribution in [0.2, 0.25) is 0 Å². The van der Waals surface area contributed by atoms with Gasteiger partial charge in [-0.2, -0.15) is 0 Å². The van der Waals surface area contributed by atoms with Gasteiger partial charge in [-0.25, -0.2) is 9.97 Å². The quantitative estimate of drug-likeness (QED) is 0.130. The average molecular weight is 651 g/mol. The molecule has 0 bridgehead atoms. The fourth-order valence-corrected chi connectivity index (χ4v) is 6.49. The summed E-state index contributed by atoms with van der Waals surface area (Å²) in [6.07, 6.45) is 5.22. The molecule has 1 aliphatic heterocycles. The maximum atomic E-state index is 13.0. The number of hydrogen-bond donors (Lipinski definition) is 2. The Bertz CT molecular complexity index is 1930. The summed E-state index contributed by atoms with van der Waals surface area (Å²) in [4.78, 5) is 45.7. The number of carbonyl (C=O) groups excluding carboxylic acids is 2. The smallest absolute Gasteiger partial charge is 0.225 e. The number of nitrogens with one attached hydrogen (secondary N) is 2.